The van der Waals surface area contributed by atoms with Crippen molar-refractivity contribution in [2.75, 3.05) is 11.9 Å². The molecular weight excluding hydrogens is 384 g/mol. The lowest BCUT2D eigenvalue weighted by atomic mass is 10.1. The lowest BCUT2D eigenvalue weighted by molar-refractivity contribution is -0.116. The lowest BCUT2D eigenvalue weighted by Gasteiger charge is -2.16. The van der Waals surface area contributed by atoms with Gasteiger partial charge in [0.15, 0.2) is 5.82 Å². The van der Waals surface area contributed by atoms with E-state index in [9.17, 15) is 14.4 Å². The Bertz CT molecular complexity index is 1130. The second kappa shape index (κ2) is 7.55. The van der Waals surface area contributed by atoms with Crippen LogP contribution in [0.4, 0.5) is 5.69 Å². The van der Waals surface area contributed by atoms with Crippen LogP contribution < -0.4 is 5.32 Å². The minimum absolute atomic E-state index is 0.0965. The van der Waals surface area contributed by atoms with Crippen molar-refractivity contribution in [1.82, 2.24) is 15.0 Å². The molecule has 152 valence electrons. The summed E-state index contributed by atoms with van der Waals surface area (Å²) in [5.74, 6) is -0.500. The summed E-state index contributed by atoms with van der Waals surface area (Å²) in [6, 6.07) is 11.9. The number of carbonyl (C=O) groups is 3. The Labute approximate surface area is 172 Å². The summed E-state index contributed by atoms with van der Waals surface area (Å²) in [7, 11) is 0. The first-order chi connectivity index (χ1) is 14.4. The maximum Gasteiger partial charge on any atom is 0.262 e. The Morgan fingerprint density at radius 1 is 1.03 bits per heavy atom. The van der Waals surface area contributed by atoms with Gasteiger partial charge in [-0.3, -0.25) is 19.3 Å². The van der Waals surface area contributed by atoms with Gasteiger partial charge in [0, 0.05) is 5.92 Å². The number of carbonyl (C=O) groups excluding carboxylic acids is 3. The van der Waals surface area contributed by atoms with Crippen LogP contribution in [-0.4, -0.2) is 39.3 Å². The van der Waals surface area contributed by atoms with Gasteiger partial charge in [-0.1, -0.05) is 43.3 Å². The third-order valence-corrected chi connectivity index (χ3v) is 4.91. The predicted molar refractivity (Wildman–Crippen MR) is 109 cm³/mol. The maximum atomic E-state index is 12.7. The highest BCUT2D eigenvalue weighted by atomic mass is 16.5. The molecule has 3 amide bonds. The minimum atomic E-state index is -0.497. The first kappa shape index (κ1) is 19.5. The van der Waals surface area contributed by atoms with Crippen molar-refractivity contribution >= 4 is 23.4 Å². The molecule has 0 fully saturated rings. The molecule has 3 aromatic rings. The third-order valence-electron chi connectivity index (χ3n) is 4.91. The number of rotatable bonds is 5. The Kier molecular flexibility index (Phi) is 4.91. The number of benzene rings is 2. The highest BCUT2D eigenvalue weighted by molar-refractivity contribution is 6.22. The molecule has 0 spiro atoms. The van der Waals surface area contributed by atoms with Crippen LogP contribution in [0.1, 0.15) is 51.9 Å². The molecule has 1 aromatic heterocycles. The average Bonchev–Trinajstić information content (AvgIpc) is 3.30. The van der Waals surface area contributed by atoms with E-state index in [0.29, 0.717) is 34.1 Å². The van der Waals surface area contributed by atoms with Gasteiger partial charge in [0.25, 0.3) is 17.7 Å². The normalized spacial score (nSPS) is 13.1. The van der Waals surface area contributed by atoms with Gasteiger partial charge in [0.05, 0.1) is 22.4 Å². The van der Waals surface area contributed by atoms with Crippen LogP contribution in [-0.2, 0) is 4.79 Å². The highest BCUT2D eigenvalue weighted by Gasteiger charge is 2.36. The van der Waals surface area contributed by atoms with Gasteiger partial charge < -0.3 is 9.84 Å². The van der Waals surface area contributed by atoms with Crippen LogP contribution in [0.25, 0.3) is 11.5 Å². The lowest BCUT2D eigenvalue weighted by Crippen LogP contribution is -2.37. The summed E-state index contributed by atoms with van der Waals surface area (Å²) in [5.41, 5.74) is 2.47. The Morgan fingerprint density at radius 3 is 2.27 bits per heavy atom. The predicted octanol–water partition coefficient (Wildman–Crippen LogP) is 3.40. The SMILES string of the molecule is Cc1cccc(-c2nc(C(C)C)no2)c1NC(=O)CN1C(=O)c2ccccc2C1=O. The van der Waals surface area contributed by atoms with E-state index in [4.69, 9.17) is 4.52 Å². The van der Waals surface area contributed by atoms with E-state index >= 15 is 0 Å². The van der Waals surface area contributed by atoms with E-state index in [-0.39, 0.29) is 12.5 Å². The van der Waals surface area contributed by atoms with E-state index in [1.54, 1.807) is 30.3 Å². The standard InChI is InChI=1S/C22H20N4O4/c1-12(2)19-24-20(30-25-19)16-10-6-7-13(3)18(16)23-17(27)11-26-21(28)14-8-4-5-9-15(14)22(26)29/h4-10,12H,11H2,1-3H3,(H,23,27). The molecule has 0 saturated carbocycles. The number of aryl methyl sites for hydroxylation is 1. The average molecular weight is 404 g/mol. The molecule has 0 aliphatic carbocycles. The Balaban J connectivity index is 1.57. The number of aromatic nitrogens is 2. The summed E-state index contributed by atoms with van der Waals surface area (Å²) in [4.78, 5) is 43.1. The van der Waals surface area contributed by atoms with E-state index in [0.717, 1.165) is 10.5 Å². The third kappa shape index (κ3) is 3.36. The summed E-state index contributed by atoms with van der Waals surface area (Å²) < 4.78 is 5.37. The van der Waals surface area contributed by atoms with Gasteiger partial charge in [-0.25, -0.2) is 0 Å². The summed E-state index contributed by atoms with van der Waals surface area (Å²) in [6.45, 7) is 5.35. The molecule has 1 N–H and O–H groups in total. The number of nitrogens with one attached hydrogen (secondary N) is 1. The Morgan fingerprint density at radius 2 is 1.67 bits per heavy atom. The summed E-state index contributed by atoms with van der Waals surface area (Å²) in [6.07, 6.45) is 0. The zero-order valence-corrected chi connectivity index (χ0v) is 16.8. The molecular formula is C22H20N4O4. The van der Waals surface area contributed by atoms with Crippen molar-refractivity contribution in [3.05, 3.63) is 65.0 Å². The van der Waals surface area contributed by atoms with E-state index < -0.39 is 17.7 Å². The van der Waals surface area contributed by atoms with Crippen LogP contribution in [0.3, 0.4) is 0 Å². The Hall–Kier alpha value is -3.81. The zero-order valence-electron chi connectivity index (χ0n) is 16.8. The molecule has 1 aliphatic heterocycles. The number of anilines is 1. The van der Waals surface area contributed by atoms with Gasteiger partial charge in [-0.05, 0) is 30.7 Å². The fourth-order valence-corrected chi connectivity index (χ4v) is 3.30. The number of fused-ring (bicyclic) bond motifs is 1. The number of hydrogen-bond donors (Lipinski definition) is 1. The molecule has 0 radical (unpaired) electrons. The largest absolute Gasteiger partial charge is 0.334 e. The molecule has 0 bridgehead atoms. The fraction of sp³-hybridized carbons (Fsp3) is 0.227. The molecule has 4 rings (SSSR count). The smallest absolute Gasteiger partial charge is 0.262 e. The summed E-state index contributed by atoms with van der Waals surface area (Å²) in [5, 5.41) is 6.77. The van der Waals surface area contributed by atoms with Crippen LogP contribution in [0.2, 0.25) is 0 Å². The van der Waals surface area contributed by atoms with Crippen LogP contribution in [0.5, 0.6) is 0 Å². The topological polar surface area (TPSA) is 105 Å². The molecule has 2 heterocycles. The number of hydrogen-bond acceptors (Lipinski definition) is 6. The van der Waals surface area contributed by atoms with Crippen molar-refractivity contribution in [2.45, 2.75) is 26.7 Å². The molecule has 8 heteroatoms. The van der Waals surface area contributed by atoms with Crippen molar-refractivity contribution in [3.63, 3.8) is 0 Å². The number of imide groups is 1. The van der Waals surface area contributed by atoms with E-state index in [1.807, 2.05) is 32.9 Å². The molecule has 1 aliphatic rings. The second-order valence-corrected chi connectivity index (χ2v) is 7.40. The monoisotopic (exact) mass is 404 g/mol. The molecule has 30 heavy (non-hydrogen) atoms. The molecule has 0 atom stereocenters. The van der Waals surface area contributed by atoms with E-state index in [2.05, 4.69) is 15.5 Å². The van der Waals surface area contributed by atoms with Crippen LogP contribution in [0.15, 0.2) is 47.0 Å². The van der Waals surface area contributed by atoms with Crippen LogP contribution in [0, 0.1) is 6.92 Å². The highest BCUT2D eigenvalue weighted by Crippen LogP contribution is 2.31. The van der Waals surface area contributed by atoms with Crippen molar-refractivity contribution in [2.24, 2.45) is 0 Å². The molecule has 8 nitrogen and oxygen atoms in total. The van der Waals surface area contributed by atoms with Crippen molar-refractivity contribution in [1.29, 1.82) is 0 Å². The van der Waals surface area contributed by atoms with Crippen LogP contribution >= 0.6 is 0 Å². The summed E-state index contributed by atoms with van der Waals surface area (Å²) >= 11 is 0. The molecule has 0 saturated heterocycles. The minimum Gasteiger partial charge on any atom is -0.334 e. The second-order valence-electron chi connectivity index (χ2n) is 7.40. The van der Waals surface area contributed by atoms with Crippen molar-refractivity contribution in [3.8, 4) is 11.5 Å². The van der Waals surface area contributed by atoms with Gasteiger partial charge in [0.2, 0.25) is 5.91 Å². The maximum absolute atomic E-state index is 12.7. The van der Waals surface area contributed by atoms with Gasteiger partial charge >= 0.3 is 0 Å². The molecule has 2 aromatic carbocycles. The van der Waals surface area contributed by atoms with E-state index in [1.165, 1.54) is 0 Å². The quantitative estimate of drug-likeness (QED) is 0.654. The first-order valence-electron chi connectivity index (χ1n) is 9.55. The van der Waals surface area contributed by atoms with Gasteiger partial charge in [-0.2, -0.15) is 4.98 Å². The first-order valence-corrected chi connectivity index (χ1v) is 9.55. The zero-order chi connectivity index (χ0) is 21.4. The van der Waals surface area contributed by atoms with Crippen molar-refractivity contribution < 1.29 is 18.9 Å². The van der Waals surface area contributed by atoms with Gasteiger partial charge in [0.1, 0.15) is 6.54 Å². The molecule has 0 unspecified atom stereocenters. The number of para-hydroxylation sites is 1. The number of nitrogens with zero attached hydrogens (tertiary/aromatic N) is 3. The number of amides is 3. The fourth-order valence-electron chi connectivity index (χ4n) is 3.30. The van der Waals surface area contributed by atoms with Gasteiger partial charge in [-0.15, -0.1) is 0 Å².